The number of unbranched alkanes of at least 4 members (excludes halogenated alkanes) is 1. The van der Waals surface area contributed by atoms with Gasteiger partial charge in [0.1, 0.15) is 0 Å². The Morgan fingerprint density at radius 1 is 0.692 bits per heavy atom. The van der Waals surface area contributed by atoms with Crippen LogP contribution in [-0.2, 0) is 6.54 Å². The van der Waals surface area contributed by atoms with Crippen LogP contribution in [0.4, 0.5) is 0 Å². The second-order valence-corrected chi connectivity index (χ2v) is 6.79. The van der Waals surface area contributed by atoms with E-state index in [1.165, 1.54) is 0 Å². The zero-order chi connectivity index (χ0) is 18.7. The average Bonchev–Trinajstić information content (AvgIpc) is 2.97. The highest BCUT2D eigenvalue weighted by atomic mass is 79.9. The number of alkyl halides is 1. The molecule has 0 unspecified atom stereocenters. The first-order valence-electron chi connectivity index (χ1n) is 8.54. The second kappa shape index (κ2) is 8.08. The van der Waals surface area contributed by atoms with Gasteiger partial charge in [-0.2, -0.15) is 0 Å². The Labute approximate surface area is 161 Å². The summed E-state index contributed by atoms with van der Waals surface area (Å²) in [5.74, 6) is 2.88. The molecule has 0 aliphatic rings. The van der Waals surface area contributed by atoms with Gasteiger partial charge in [0.25, 0.3) is 0 Å². The summed E-state index contributed by atoms with van der Waals surface area (Å²) in [6.07, 6.45) is 2.19. The van der Waals surface area contributed by atoms with Crippen molar-refractivity contribution in [2.24, 2.45) is 0 Å². The van der Waals surface area contributed by atoms with Crippen LogP contribution in [0.1, 0.15) is 12.8 Å². The summed E-state index contributed by atoms with van der Waals surface area (Å²) in [6.45, 7) is 0.913. The van der Waals surface area contributed by atoms with Crippen molar-refractivity contribution in [3.8, 4) is 23.0 Å². The van der Waals surface area contributed by atoms with E-state index in [9.17, 15) is 0 Å². The molecule has 6 heteroatoms. The van der Waals surface area contributed by atoms with Gasteiger partial charge in [-0.1, -0.05) is 15.9 Å². The molecule has 140 valence electrons. The smallest absolute Gasteiger partial charge is 0.162 e. The number of nitrogens with zero attached hydrogens (tertiary/aromatic N) is 1. The van der Waals surface area contributed by atoms with E-state index >= 15 is 0 Å². The van der Waals surface area contributed by atoms with Crippen molar-refractivity contribution in [3.05, 3.63) is 24.3 Å². The lowest BCUT2D eigenvalue weighted by Crippen LogP contribution is -1.99. The molecule has 3 aromatic rings. The summed E-state index contributed by atoms with van der Waals surface area (Å²) in [4.78, 5) is 0. The summed E-state index contributed by atoms with van der Waals surface area (Å²) in [5, 5.41) is 3.22. The van der Waals surface area contributed by atoms with Crippen molar-refractivity contribution in [2.45, 2.75) is 19.4 Å². The Morgan fingerprint density at radius 3 is 1.50 bits per heavy atom. The van der Waals surface area contributed by atoms with Crippen molar-refractivity contribution in [3.63, 3.8) is 0 Å². The predicted molar refractivity (Wildman–Crippen MR) is 109 cm³/mol. The number of rotatable bonds is 8. The molecular weight excluding hydrogens is 398 g/mol. The lowest BCUT2D eigenvalue weighted by atomic mass is 10.1. The maximum absolute atomic E-state index is 5.52. The number of aromatic nitrogens is 1. The standard InChI is InChI=1S/C20H24BrNO4/c1-23-17-9-13-14-10-18(24-2)20(26-4)12-16(14)22(8-6-5-7-21)15(13)11-19(17)25-3/h9-12H,5-8H2,1-4H3. The molecule has 1 heterocycles. The minimum absolute atomic E-state index is 0.717. The third kappa shape index (κ3) is 3.18. The van der Waals surface area contributed by atoms with Gasteiger partial charge in [-0.05, 0) is 25.0 Å². The van der Waals surface area contributed by atoms with E-state index in [1.54, 1.807) is 28.4 Å². The number of benzene rings is 2. The minimum Gasteiger partial charge on any atom is -0.493 e. The molecule has 5 nitrogen and oxygen atoms in total. The largest absolute Gasteiger partial charge is 0.493 e. The van der Waals surface area contributed by atoms with Gasteiger partial charge in [0, 0.05) is 34.8 Å². The maximum Gasteiger partial charge on any atom is 0.162 e. The summed E-state index contributed by atoms with van der Waals surface area (Å²) in [6, 6.07) is 8.15. The van der Waals surface area contributed by atoms with Gasteiger partial charge in [0.2, 0.25) is 0 Å². The molecule has 0 aliphatic heterocycles. The Bertz CT molecular complexity index is 850. The molecule has 2 aromatic carbocycles. The molecule has 0 N–H and O–H groups in total. The Kier molecular flexibility index (Phi) is 5.81. The van der Waals surface area contributed by atoms with Crippen molar-refractivity contribution in [1.82, 2.24) is 4.57 Å². The van der Waals surface area contributed by atoms with E-state index in [4.69, 9.17) is 18.9 Å². The fraction of sp³-hybridized carbons (Fsp3) is 0.400. The summed E-state index contributed by atoms with van der Waals surface area (Å²) < 4.78 is 24.4. The molecule has 0 saturated carbocycles. The number of hydrogen-bond acceptors (Lipinski definition) is 4. The van der Waals surface area contributed by atoms with Gasteiger partial charge < -0.3 is 23.5 Å². The molecule has 0 bridgehead atoms. The average molecular weight is 422 g/mol. The van der Waals surface area contributed by atoms with Crippen LogP contribution in [0.15, 0.2) is 24.3 Å². The second-order valence-electron chi connectivity index (χ2n) is 6.00. The molecule has 3 rings (SSSR count). The van der Waals surface area contributed by atoms with Gasteiger partial charge in [-0.3, -0.25) is 0 Å². The van der Waals surface area contributed by atoms with E-state index in [2.05, 4.69) is 20.5 Å². The van der Waals surface area contributed by atoms with Crippen LogP contribution < -0.4 is 18.9 Å². The summed E-state index contributed by atoms with van der Waals surface area (Å²) >= 11 is 3.51. The molecule has 0 spiro atoms. The number of fused-ring (bicyclic) bond motifs is 3. The number of aryl methyl sites for hydroxylation is 1. The van der Waals surface area contributed by atoms with E-state index in [0.29, 0.717) is 11.5 Å². The van der Waals surface area contributed by atoms with Crippen LogP contribution in [0.5, 0.6) is 23.0 Å². The van der Waals surface area contributed by atoms with Gasteiger partial charge in [-0.25, -0.2) is 0 Å². The van der Waals surface area contributed by atoms with Crippen LogP contribution in [0, 0.1) is 0 Å². The summed E-state index contributed by atoms with van der Waals surface area (Å²) in [7, 11) is 6.63. The van der Waals surface area contributed by atoms with Gasteiger partial charge in [0.15, 0.2) is 23.0 Å². The van der Waals surface area contributed by atoms with Crippen molar-refractivity contribution >= 4 is 37.7 Å². The van der Waals surface area contributed by atoms with E-state index in [-0.39, 0.29) is 0 Å². The lowest BCUT2D eigenvalue weighted by molar-refractivity contribution is 0.355. The normalized spacial score (nSPS) is 11.1. The number of ether oxygens (including phenoxy) is 4. The van der Waals surface area contributed by atoms with Crippen LogP contribution in [0.2, 0.25) is 0 Å². The van der Waals surface area contributed by atoms with E-state index in [0.717, 1.165) is 58.0 Å². The molecule has 0 amide bonds. The van der Waals surface area contributed by atoms with Crippen molar-refractivity contribution in [2.75, 3.05) is 33.8 Å². The Hall–Kier alpha value is -2.08. The Morgan fingerprint density at radius 2 is 1.12 bits per heavy atom. The highest BCUT2D eigenvalue weighted by Gasteiger charge is 2.18. The Balaban J connectivity index is 2.33. The molecule has 0 saturated heterocycles. The first-order valence-corrected chi connectivity index (χ1v) is 9.66. The highest BCUT2D eigenvalue weighted by Crippen LogP contribution is 2.41. The maximum atomic E-state index is 5.52. The quantitative estimate of drug-likeness (QED) is 0.378. The fourth-order valence-corrected chi connectivity index (χ4v) is 3.75. The zero-order valence-corrected chi connectivity index (χ0v) is 17.2. The fourth-order valence-electron chi connectivity index (χ4n) is 3.35. The molecule has 0 radical (unpaired) electrons. The monoisotopic (exact) mass is 421 g/mol. The molecule has 1 aromatic heterocycles. The zero-order valence-electron chi connectivity index (χ0n) is 15.6. The first-order chi connectivity index (χ1) is 12.7. The van der Waals surface area contributed by atoms with Crippen LogP contribution in [0.3, 0.4) is 0 Å². The third-order valence-corrected chi connectivity index (χ3v) is 5.20. The SMILES string of the molecule is COc1cc2c3cc(OC)c(OC)cc3n(CCCCBr)c2cc1OC. The third-order valence-electron chi connectivity index (χ3n) is 4.64. The number of methoxy groups -OCH3 is 4. The molecule has 0 fully saturated rings. The van der Waals surface area contributed by atoms with E-state index in [1.807, 2.05) is 24.3 Å². The molecular formula is C20H24BrNO4. The van der Waals surface area contributed by atoms with Crippen molar-refractivity contribution in [1.29, 1.82) is 0 Å². The van der Waals surface area contributed by atoms with Gasteiger partial charge in [0.05, 0.1) is 39.5 Å². The van der Waals surface area contributed by atoms with Gasteiger partial charge >= 0.3 is 0 Å². The topological polar surface area (TPSA) is 41.9 Å². The summed E-state index contributed by atoms with van der Waals surface area (Å²) in [5.41, 5.74) is 2.23. The minimum atomic E-state index is 0.717. The van der Waals surface area contributed by atoms with E-state index < -0.39 is 0 Å². The van der Waals surface area contributed by atoms with Gasteiger partial charge in [-0.15, -0.1) is 0 Å². The van der Waals surface area contributed by atoms with Crippen LogP contribution in [-0.4, -0.2) is 38.3 Å². The predicted octanol–water partition coefficient (Wildman–Crippen LogP) is 5.00. The van der Waals surface area contributed by atoms with Crippen LogP contribution in [0.25, 0.3) is 21.8 Å². The van der Waals surface area contributed by atoms with Crippen molar-refractivity contribution < 1.29 is 18.9 Å². The highest BCUT2D eigenvalue weighted by molar-refractivity contribution is 9.09. The molecule has 0 atom stereocenters. The van der Waals surface area contributed by atoms with Crippen LogP contribution >= 0.6 is 15.9 Å². The molecule has 0 aliphatic carbocycles. The lowest BCUT2D eigenvalue weighted by Gasteiger charge is -2.11. The first kappa shape index (κ1) is 18.7. The molecule has 26 heavy (non-hydrogen) atoms. The number of halogens is 1. The number of hydrogen-bond donors (Lipinski definition) is 0.